The highest BCUT2D eigenvalue weighted by Crippen LogP contribution is 2.22. The van der Waals surface area contributed by atoms with E-state index in [-0.39, 0.29) is 17.5 Å². The van der Waals surface area contributed by atoms with E-state index < -0.39 is 17.8 Å². The molecule has 1 aliphatic carbocycles. The van der Waals surface area contributed by atoms with Crippen LogP contribution in [0.15, 0.2) is 77.4 Å². The summed E-state index contributed by atoms with van der Waals surface area (Å²) in [7, 11) is 0. The van der Waals surface area contributed by atoms with Gasteiger partial charge in [-0.05, 0) is 37.1 Å². The molecule has 2 aromatic rings. The zero-order valence-electron chi connectivity index (χ0n) is 16.8. The first-order valence-electron chi connectivity index (χ1n) is 10.1. The van der Waals surface area contributed by atoms with Crippen molar-refractivity contribution in [3.63, 3.8) is 0 Å². The van der Waals surface area contributed by atoms with Gasteiger partial charge in [0.05, 0.1) is 5.69 Å². The topological polar surface area (TPSA) is 100 Å². The van der Waals surface area contributed by atoms with Crippen LogP contribution in [-0.2, 0) is 14.4 Å². The van der Waals surface area contributed by atoms with Gasteiger partial charge in [0.15, 0.2) is 5.70 Å². The van der Waals surface area contributed by atoms with E-state index in [1.54, 1.807) is 54.6 Å². The Kier molecular flexibility index (Phi) is 6.18. The minimum absolute atomic E-state index is 0.0295. The van der Waals surface area contributed by atoms with Crippen molar-refractivity contribution in [1.29, 1.82) is 0 Å². The molecule has 158 valence electrons. The normalized spacial score (nSPS) is 18.3. The van der Waals surface area contributed by atoms with Crippen molar-refractivity contribution in [1.82, 2.24) is 10.9 Å². The molecule has 8 heteroatoms. The molecule has 1 saturated carbocycles. The van der Waals surface area contributed by atoms with Crippen LogP contribution in [0, 0.1) is 0 Å². The summed E-state index contributed by atoms with van der Waals surface area (Å²) in [6.45, 7) is 0. The molecule has 31 heavy (non-hydrogen) atoms. The predicted octanol–water partition coefficient (Wildman–Crippen LogP) is 2.69. The van der Waals surface area contributed by atoms with Crippen molar-refractivity contribution in [2.75, 3.05) is 5.01 Å². The van der Waals surface area contributed by atoms with Crippen molar-refractivity contribution in [3.8, 4) is 0 Å². The molecular formula is C23H22N4O4. The van der Waals surface area contributed by atoms with Crippen molar-refractivity contribution in [2.24, 2.45) is 4.99 Å². The molecule has 2 N–H and O–H groups in total. The Balaban J connectivity index is 1.68. The van der Waals surface area contributed by atoms with Gasteiger partial charge < -0.3 is 10.2 Å². The predicted molar refractivity (Wildman–Crippen MR) is 115 cm³/mol. The molecule has 2 amide bonds. The lowest BCUT2D eigenvalue weighted by Gasteiger charge is -2.16. The number of benzene rings is 2. The van der Waals surface area contributed by atoms with Crippen LogP contribution < -0.4 is 15.9 Å². The van der Waals surface area contributed by atoms with Gasteiger partial charge in [0.1, 0.15) is 5.71 Å². The molecule has 2 aromatic carbocycles. The fraction of sp³-hybridized carbons (Fsp3) is 0.217. The van der Waals surface area contributed by atoms with E-state index >= 15 is 0 Å². The second kappa shape index (κ2) is 9.36. The van der Waals surface area contributed by atoms with Gasteiger partial charge in [-0.3, -0.25) is 9.59 Å². The highest BCUT2D eigenvalue weighted by molar-refractivity contribution is 6.45. The van der Waals surface area contributed by atoms with Gasteiger partial charge in [-0.25, -0.2) is 14.8 Å². The Morgan fingerprint density at radius 2 is 1.68 bits per heavy atom. The minimum atomic E-state index is -0.683. The van der Waals surface area contributed by atoms with Gasteiger partial charge in [0.25, 0.3) is 11.8 Å². The third-order valence-electron chi connectivity index (χ3n) is 5.13. The number of amides is 2. The van der Waals surface area contributed by atoms with Crippen molar-refractivity contribution < 1.29 is 19.2 Å². The first-order valence-corrected chi connectivity index (χ1v) is 10.1. The molecule has 2 fully saturated rings. The van der Waals surface area contributed by atoms with E-state index in [1.165, 1.54) is 11.1 Å². The Morgan fingerprint density at radius 1 is 1.03 bits per heavy atom. The number of nitrogens with zero attached hydrogens (tertiary/aromatic N) is 2. The van der Waals surface area contributed by atoms with E-state index in [9.17, 15) is 14.4 Å². The first kappa shape index (κ1) is 20.5. The number of carbonyl (C=O) groups excluding carboxylic acids is 3. The first-order chi connectivity index (χ1) is 15.1. The third kappa shape index (κ3) is 4.87. The van der Waals surface area contributed by atoms with Crippen LogP contribution in [0.2, 0.25) is 0 Å². The van der Waals surface area contributed by atoms with Crippen LogP contribution in [0.25, 0.3) is 0 Å². The second-order valence-electron chi connectivity index (χ2n) is 7.30. The number of nitrogens with one attached hydrogen (secondary N) is 2. The minimum Gasteiger partial charge on any atom is -0.348 e. The van der Waals surface area contributed by atoms with Crippen molar-refractivity contribution in [2.45, 2.75) is 31.7 Å². The average Bonchev–Trinajstić information content (AvgIpc) is 3.44. The zero-order valence-corrected chi connectivity index (χ0v) is 16.8. The molecule has 0 aromatic heterocycles. The fourth-order valence-corrected chi connectivity index (χ4v) is 3.53. The number of hydrazine groups is 1. The smallest absolute Gasteiger partial charge is 0.348 e. The van der Waals surface area contributed by atoms with E-state index in [0.29, 0.717) is 11.3 Å². The maximum absolute atomic E-state index is 13.0. The van der Waals surface area contributed by atoms with E-state index in [0.717, 1.165) is 25.7 Å². The summed E-state index contributed by atoms with van der Waals surface area (Å²) in [5.41, 5.74) is 3.39. The van der Waals surface area contributed by atoms with Crippen LogP contribution in [0.5, 0.6) is 0 Å². The number of aliphatic imine (C=N–C) groups is 1. The number of para-hydroxylation sites is 1. The van der Waals surface area contributed by atoms with Gasteiger partial charge in [0, 0.05) is 17.7 Å². The molecular weight excluding hydrogens is 396 g/mol. The Labute approximate surface area is 179 Å². The summed E-state index contributed by atoms with van der Waals surface area (Å²) in [5, 5.41) is 4.32. The number of carbonyl (C=O) groups is 3. The Morgan fingerprint density at radius 3 is 2.35 bits per heavy atom. The summed E-state index contributed by atoms with van der Waals surface area (Å²) in [4.78, 5) is 47.0. The lowest BCUT2D eigenvalue weighted by Crippen LogP contribution is -2.38. The fourth-order valence-electron chi connectivity index (χ4n) is 3.53. The quantitative estimate of drug-likeness (QED) is 0.572. The van der Waals surface area contributed by atoms with Crippen LogP contribution in [-0.4, -0.2) is 29.5 Å². The number of anilines is 1. The standard InChI is InChI=1S/C23H22N4O4/c28-21(16-9-3-1-4-10-16)25-19(22(29)24-17-11-7-8-12-17)15-20-23(30)31-26-27(20)18-13-5-2-6-14-18/h1-6,9-10,13-15,17,26H,7-8,11-12H2,(H,24,29)/b20-15+,25-19?. The molecule has 0 bridgehead atoms. The summed E-state index contributed by atoms with van der Waals surface area (Å²) < 4.78 is 0. The lowest BCUT2D eigenvalue weighted by atomic mass is 10.2. The molecule has 4 rings (SSSR count). The summed E-state index contributed by atoms with van der Waals surface area (Å²) >= 11 is 0. The van der Waals surface area contributed by atoms with Gasteiger partial charge in [-0.15, -0.1) is 0 Å². The zero-order chi connectivity index (χ0) is 21.6. The molecule has 0 atom stereocenters. The molecule has 0 spiro atoms. The number of hydrogen-bond donors (Lipinski definition) is 2. The summed E-state index contributed by atoms with van der Waals surface area (Å²) in [6, 6.07) is 17.5. The maximum atomic E-state index is 13.0. The Hall–Kier alpha value is -3.78. The molecule has 1 saturated heterocycles. The molecule has 0 radical (unpaired) electrons. The van der Waals surface area contributed by atoms with Crippen LogP contribution in [0.4, 0.5) is 5.69 Å². The monoisotopic (exact) mass is 418 g/mol. The van der Waals surface area contributed by atoms with Crippen molar-refractivity contribution in [3.05, 3.63) is 78.0 Å². The average molecular weight is 418 g/mol. The lowest BCUT2D eigenvalue weighted by molar-refractivity contribution is -0.140. The van der Waals surface area contributed by atoms with Gasteiger partial charge in [-0.2, -0.15) is 0 Å². The largest absolute Gasteiger partial charge is 0.376 e. The number of hydrogen-bond acceptors (Lipinski definition) is 6. The van der Waals surface area contributed by atoms with Crippen LogP contribution in [0.1, 0.15) is 36.0 Å². The van der Waals surface area contributed by atoms with Gasteiger partial charge >= 0.3 is 5.97 Å². The molecule has 2 aliphatic rings. The maximum Gasteiger partial charge on any atom is 0.376 e. The van der Waals surface area contributed by atoms with E-state index in [1.807, 2.05) is 6.07 Å². The van der Waals surface area contributed by atoms with Gasteiger partial charge in [0.2, 0.25) is 0 Å². The summed E-state index contributed by atoms with van der Waals surface area (Å²) in [5.74, 6) is -1.76. The van der Waals surface area contributed by atoms with Gasteiger partial charge in [-0.1, -0.05) is 54.8 Å². The molecule has 0 unspecified atom stereocenters. The molecule has 8 nitrogen and oxygen atoms in total. The van der Waals surface area contributed by atoms with Crippen LogP contribution >= 0.6 is 0 Å². The van der Waals surface area contributed by atoms with E-state index in [4.69, 9.17) is 4.84 Å². The molecule has 1 aliphatic heterocycles. The Bertz CT molecular complexity index is 1030. The number of rotatable bonds is 5. The van der Waals surface area contributed by atoms with Crippen molar-refractivity contribution >= 4 is 29.2 Å². The second-order valence-corrected chi connectivity index (χ2v) is 7.30. The SMILES string of the molecule is O=C(NC1CCCC1)C(/C=C1\C(=O)ONN1c1ccccc1)=NC(=O)c1ccccc1. The molecule has 1 heterocycles. The summed E-state index contributed by atoms with van der Waals surface area (Å²) in [6.07, 6.45) is 5.11. The highest BCUT2D eigenvalue weighted by atomic mass is 16.7. The third-order valence-corrected chi connectivity index (χ3v) is 5.13. The van der Waals surface area contributed by atoms with Crippen LogP contribution in [0.3, 0.4) is 0 Å². The highest BCUT2D eigenvalue weighted by Gasteiger charge is 2.31. The van der Waals surface area contributed by atoms with E-state index in [2.05, 4.69) is 15.9 Å².